The monoisotopic (exact) mass is 586 g/mol. The van der Waals surface area contributed by atoms with Crippen LogP contribution in [-0.4, -0.2) is 52.2 Å². The van der Waals surface area contributed by atoms with Gasteiger partial charge in [0.15, 0.2) is 17.3 Å². The van der Waals surface area contributed by atoms with Gasteiger partial charge in [-0.25, -0.2) is 4.98 Å². The van der Waals surface area contributed by atoms with E-state index in [9.17, 15) is 14.7 Å². The van der Waals surface area contributed by atoms with E-state index in [0.29, 0.717) is 24.6 Å². The third kappa shape index (κ3) is 7.27. The first-order chi connectivity index (χ1) is 20.5. The van der Waals surface area contributed by atoms with Crippen LogP contribution in [0, 0.1) is 5.41 Å². The van der Waals surface area contributed by atoms with E-state index in [1.807, 2.05) is 62.4 Å². The number of ether oxygens (including phenoxy) is 2. The Balaban J connectivity index is 1.22. The normalized spacial score (nSPS) is 17.6. The minimum Gasteiger partial charge on any atom is -0.487 e. The van der Waals surface area contributed by atoms with Gasteiger partial charge in [0.1, 0.15) is 11.9 Å². The number of nitrogens with zero attached hydrogens (tertiary/aromatic N) is 3. The highest BCUT2D eigenvalue weighted by Crippen LogP contribution is 2.34. The first kappa shape index (κ1) is 30.3. The van der Waals surface area contributed by atoms with E-state index in [1.165, 1.54) is 6.42 Å². The van der Waals surface area contributed by atoms with Gasteiger partial charge in [0.2, 0.25) is 5.91 Å². The first-order valence-electron chi connectivity index (χ1n) is 15.1. The average molecular weight is 587 g/mol. The van der Waals surface area contributed by atoms with Crippen LogP contribution in [0.4, 0.5) is 11.6 Å². The summed E-state index contributed by atoms with van der Waals surface area (Å²) in [6, 6.07) is 15.4. The van der Waals surface area contributed by atoms with Crippen molar-refractivity contribution in [1.82, 2.24) is 9.97 Å². The van der Waals surface area contributed by atoms with Gasteiger partial charge >= 0.3 is 5.97 Å². The second-order valence-corrected chi connectivity index (χ2v) is 12.8. The van der Waals surface area contributed by atoms with E-state index in [0.717, 1.165) is 54.9 Å². The number of aliphatic carboxylic acids is 1. The Bertz CT molecular complexity index is 1430. The van der Waals surface area contributed by atoms with E-state index in [2.05, 4.69) is 15.2 Å². The minimum atomic E-state index is -0.868. The zero-order valence-electron chi connectivity index (χ0n) is 25.5. The molecule has 2 N–H and O–H groups in total. The number of anilines is 2. The minimum absolute atomic E-state index is 0.0251. The van der Waals surface area contributed by atoms with Gasteiger partial charge in [0, 0.05) is 6.54 Å². The third-order valence-electron chi connectivity index (χ3n) is 8.52. The number of hydrogen-bond acceptors (Lipinski definition) is 7. The maximum absolute atomic E-state index is 13.4. The highest BCUT2D eigenvalue weighted by molar-refractivity contribution is 5.98. The van der Waals surface area contributed by atoms with Crippen molar-refractivity contribution < 1.29 is 24.2 Å². The van der Waals surface area contributed by atoms with Gasteiger partial charge in [-0.05, 0) is 89.5 Å². The van der Waals surface area contributed by atoms with Crippen LogP contribution in [0.5, 0.6) is 11.5 Å². The molecule has 2 aliphatic rings. The van der Waals surface area contributed by atoms with Crippen molar-refractivity contribution in [3.8, 4) is 11.5 Å². The number of para-hydroxylation sites is 2. The summed E-state index contributed by atoms with van der Waals surface area (Å²) >= 11 is 0. The lowest BCUT2D eigenvalue weighted by atomic mass is 9.81. The summed E-state index contributed by atoms with van der Waals surface area (Å²) in [6.45, 7) is 8.60. The molecule has 3 aromatic rings. The molecule has 5 rings (SSSR count). The molecule has 0 spiro atoms. The molecule has 1 saturated carbocycles. The smallest absolute Gasteiger partial charge is 0.309 e. The van der Waals surface area contributed by atoms with Gasteiger partial charge in [-0.1, -0.05) is 36.4 Å². The van der Waals surface area contributed by atoms with E-state index in [-0.39, 0.29) is 18.1 Å². The van der Waals surface area contributed by atoms with Crippen molar-refractivity contribution >= 4 is 23.5 Å². The fraction of sp³-hybridized carbons (Fsp3) is 0.471. The van der Waals surface area contributed by atoms with Crippen molar-refractivity contribution in [3.05, 3.63) is 72.1 Å². The Hall–Kier alpha value is -4.14. The zero-order chi connectivity index (χ0) is 30.6. The number of carboxylic acids is 1. The Kier molecular flexibility index (Phi) is 8.89. The van der Waals surface area contributed by atoms with Crippen LogP contribution in [0.2, 0.25) is 0 Å². The van der Waals surface area contributed by atoms with Crippen molar-refractivity contribution in [2.75, 3.05) is 23.3 Å². The van der Waals surface area contributed by atoms with Gasteiger partial charge in [-0.15, -0.1) is 0 Å². The number of carboxylic acid groups (broad SMARTS) is 1. The van der Waals surface area contributed by atoms with Crippen LogP contribution < -0.4 is 19.7 Å². The number of amides is 1. The maximum atomic E-state index is 13.4. The Morgan fingerprint density at radius 3 is 2.21 bits per heavy atom. The van der Waals surface area contributed by atoms with Crippen molar-refractivity contribution in [2.45, 2.75) is 83.8 Å². The fourth-order valence-electron chi connectivity index (χ4n) is 5.33. The van der Waals surface area contributed by atoms with E-state index < -0.39 is 16.8 Å². The molecule has 9 nitrogen and oxygen atoms in total. The van der Waals surface area contributed by atoms with Crippen LogP contribution >= 0.6 is 0 Å². The molecule has 0 bridgehead atoms. The fourth-order valence-corrected chi connectivity index (χ4v) is 5.33. The van der Waals surface area contributed by atoms with Crippen LogP contribution in [0.3, 0.4) is 0 Å². The number of piperidine rings is 1. The van der Waals surface area contributed by atoms with Crippen molar-refractivity contribution in [2.24, 2.45) is 5.41 Å². The molecular formula is C34H42N4O5. The molecule has 2 heterocycles. The number of aromatic nitrogens is 2. The van der Waals surface area contributed by atoms with Gasteiger partial charge in [0.05, 0.1) is 35.9 Å². The summed E-state index contributed by atoms with van der Waals surface area (Å²) in [7, 11) is 0. The van der Waals surface area contributed by atoms with Gasteiger partial charge < -0.3 is 24.8 Å². The number of carbonyl (C=O) groups is 2. The SMILES string of the molecule is CC(C)(Cc1ccc(C(C)(C)C(=O)Nc2cncc(N3CCCC(Oc4ccccc4OC4CCC4)C3)n2)cc1)C(=O)O. The summed E-state index contributed by atoms with van der Waals surface area (Å²) in [5.41, 5.74) is 0.0117. The molecule has 1 unspecified atom stereocenters. The van der Waals surface area contributed by atoms with E-state index >= 15 is 0 Å². The molecule has 1 atom stereocenters. The second kappa shape index (κ2) is 12.6. The lowest BCUT2D eigenvalue weighted by Crippen LogP contribution is -2.42. The molecule has 2 aromatic carbocycles. The molecule has 1 aliphatic heterocycles. The summed E-state index contributed by atoms with van der Waals surface area (Å²) < 4.78 is 12.6. The predicted octanol–water partition coefficient (Wildman–Crippen LogP) is 6.03. The topological polar surface area (TPSA) is 114 Å². The van der Waals surface area contributed by atoms with Crippen LogP contribution in [-0.2, 0) is 21.4 Å². The maximum Gasteiger partial charge on any atom is 0.309 e. The standard InChI is InChI=1S/C34H42N4O5/c1-33(2,32(40)41)19-23-14-16-24(17-15-23)34(3,4)31(39)37-29-20-35-21-30(36-29)38-18-8-11-26(22-38)43-28-13-6-5-12-27(28)42-25-9-7-10-25/h5-6,12-17,20-21,25-26H,7-11,18-19,22H2,1-4H3,(H,40,41)(H,36,37,39). The molecule has 1 saturated heterocycles. The predicted molar refractivity (Wildman–Crippen MR) is 166 cm³/mol. The third-order valence-corrected chi connectivity index (χ3v) is 8.52. The number of rotatable bonds is 11. The molecule has 2 fully saturated rings. The quantitative estimate of drug-likeness (QED) is 0.280. The van der Waals surface area contributed by atoms with Gasteiger partial charge in [-0.3, -0.25) is 14.6 Å². The molecule has 1 aliphatic carbocycles. The number of hydrogen-bond donors (Lipinski definition) is 2. The number of carbonyl (C=O) groups excluding carboxylic acids is 1. The van der Waals surface area contributed by atoms with E-state index in [1.54, 1.807) is 26.2 Å². The molecule has 228 valence electrons. The number of benzene rings is 2. The molecule has 1 amide bonds. The van der Waals surface area contributed by atoms with Gasteiger partial charge in [0.25, 0.3) is 0 Å². The summed E-state index contributed by atoms with van der Waals surface area (Å²) in [4.78, 5) is 36.2. The highest BCUT2D eigenvalue weighted by Gasteiger charge is 2.32. The molecule has 1 aromatic heterocycles. The summed E-state index contributed by atoms with van der Waals surface area (Å²) in [5.74, 6) is 1.60. The molecule has 9 heteroatoms. The summed E-state index contributed by atoms with van der Waals surface area (Å²) in [5, 5.41) is 12.4. The Labute approximate surface area is 253 Å². The average Bonchev–Trinajstić information content (AvgIpc) is 2.96. The van der Waals surface area contributed by atoms with Crippen molar-refractivity contribution in [1.29, 1.82) is 0 Å². The Morgan fingerprint density at radius 2 is 1.58 bits per heavy atom. The zero-order valence-corrected chi connectivity index (χ0v) is 25.5. The lowest BCUT2D eigenvalue weighted by molar-refractivity contribution is -0.146. The summed E-state index contributed by atoms with van der Waals surface area (Å²) in [6.07, 6.45) is 9.20. The second-order valence-electron chi connectivity index (χ2n) is 12.8. The molecular weight excluding hydrogens is 544 g/mol. The number of nitrogens with one attached hydrogen (secondary N) is 1. The van der Waals surface area contributed by atoms with E-state index in [4.69, 9.17) is 14.5 Å². The van der Waals surface area contributed by atoms with Crippen LogP contribution in [0.1, 0.15) is 70.9 Å². The first-order valence-corrected chi connectivity index (χ1v) is 15.1. The largest absolute Gasteiger partial charge is 0.487 e. The van der Waals surface area contributed by atoms with Gasteiger partial charge in [-0.2, -0.15) is 0 Å². The van der Waals surface area contributed by atoms with Crippen LogP contribution in [0.25, 0.3) is 0 Å². The lowest BCUT2D eigenvalue weighted by Gasteiger charge is -2.34. The molecule has 43 heavy (non-hydrogen) atoms. The molecule has 0 radical (unpaired) electrons. The van der Waals surface area contributed by atoms with Crippen molar-refractivity contribution in [3.63, 3.8) is 0 Å². The van der Waals surface area contributed by atoms with Crippen LogP contribution in [0.15, 0.2) is 60.9 Å². The highest BCUT2D eigenvalue weighted by atomic mass is 16.5. The Morgan fingerprint density at radius 1 is 0.930 bits per heavy atom.